The van der Waals surface area contributed by atoms with Crippen LogP contribution in [0.2, 0.25) is 5.02 Å². The summed E-state index contributed by atoms with van der Waals surface area (Å²) in [4.78, 5) is 7.80. The van der Waals surface area contributed by atoms with Gasteiger partial charge in [-0.05, 0) is 24.6 Å². The summed E-state index contributed by atoms with van der Waals surface area (Å²) >= 11 is 5.98. The number of halogens is 1. The summed E-state index contributed by atoms with van der Waals surface area (Å²) in [6, 6.07) is 7.33. The van der Waals surface area contributed by atoms with E-state index >= 15 is 0 Å². The lowest BCUT2D eigenvalue weighted by Crippen LogP contribution is -1.92. The summed E-state index contributed by atoms with van der Waals surface area (Å²) in [5, 5.41) is 9.09. The normalized spacial score (nSPS) is 9.71. The number of aryl methyl sites for hydroxylation is 1. The molecule has 5 heteroatoms. The second kappa shape index (κ2) is 4.81. The quantitative estimate of drug-likeness (QED) is 0.816. The molecule has 1 heterocycles. The predicted molar refractivity (Wildman–Crippen MR) is 63.0 cm³/mol. The van der Waals surface area contributed by atoms with E-state index in [0.29, 0.717) is 16.7 Å². The number of rotatable bonds is 2. The van der Waals surface area contributed by atoms with Crippen molar-refractivity contribution in [2.24, 2.45) is 0 Å². The van der Waals surface area contributed by atoms with E-state index in [2.05, 4.69) is 9.97 Å². The van der Waals surface area contributed by atoms with Crippen LogP contribution in [-0.2, 0) is 0 Å². The van der Waals surface area contributed by atoms with Crippen molar-refractivity contribution in [3.8, 4) is 17.7 Å². The van der Waals surface area contributed by atoms with Crippen LogP contribution in [0.25, 0.3) is 0 Å². The third-order valence-corrected chi connectivity index (χ3v) is 2.36. The Balaban J connectivity index is 2.25. The summed E-state index contributed by atoms with van der Waals surface area (Å²) in [5.41, 5.74) is 1.28. The zero-order valence-electron chi connectivity index (χ0n) is 9.01. The zero-order chi connectivity index (χ0) is 12.3. The predicted octanol–water partition coefficient (Wildman–Crippen LogP) is 3.10. The minimum atomic E-state index is 0.243. The SMILES string of the molecule is Cc1ccc(Cl)c(Oc2cnc(C#N)cn2)c1. The van der Waals surface area contributed by atoms with Crippen molar-refractivity contribution in [1.82, 2.24) is 9.97 Å². The molecule has 0 bridgehead atoms. The maximum Gasteiger partial charge on any atom is 0.237 e. The molecule has 0 fully saturated rings. The second-order valence-electron chi connectivity index (χ2n) is 3.39. The van der Waals surface area contributed by atoms with Gasteiger partial charge in [-0.1, -0.05) is 17.7 Å². The number of nitriles is 1. The molecule has 0 unspecified atom stereocenters. The third kappa shape index (κ3) is 2.71. The molecule has 84 valence electrons. The molecule has 1 aromatic heterocycles. The van der Waals surface area contributed by atoms with Crippen LogP contribution in [0, 0.1) is 18.3 Å². The van der Waals surface area contributed by atoms with Crippen molar-refractivity contribution < 1.29 is 4.74 Å². The highest BCUT2D eigenvalue weighted by molar-refractivity contribution is 6.32. The van der Waals surface area contributed by atoms with Crippen molar-refractivity contribution in [3.63, 3.8) is 0 Å². The smallest absolute Gasteiger partial charge is 0.237 e. The zero-order valence-corrected chi connectivity index (χ0v) is 9.77. The molecule has 0 aliphatic carbocycles. The van der Waals surface area contributed by atoms with E-state index in [9.17, 15) is 0 Å². The minimum absolute atomic E-state index is 0.243. The highest BCUT2D eigenvalue weighted by Gasteiger charge is 2.05. The second-order valence-corrected chi connectivity index (χ2v) is 3.79. The molecule has 0 radical (unpaired) electrons. The molecule has 1 aromatic carbocycles. The van der Waals surface area contributed by atoms with E-state index < -0.39 is 0 Å². The lowest BCUT2D eigenvalue weighted by atomic mass is 10.2. The molecule has 0 saturated heterocycles. The molecular formula is C12H8ClN3O. The van der Waals surface area contributed by atoms with Crippen LogP contribution in [0.5, 0.6) is 11.6 Å². The average molecular weight is 246 g/mol. The van der Waals surface area contributed by atoms with Gasteiger partial charge >= 0.3 is 0 Å². The van der Waals surface area contributed by atoms with E-state index in [1.165, 1.54) is 12.4 Å². The number of benzene rings is 1. The molecule has 2 rings (SSSR count). The van der Waals surface area contributed by atoms with Crippen LogP contribution >= 0.6 is 11.6 Å². The first-order valence-electron chi connectivity index (χ1n) is 4.85. The Morgan fingerprint density at radius 2 is 2.12 bits per heavy atom. The lowest BCUT2D eigenvalue weighted by molar-refractivity contribution is 0.460. The maximum atomic E-state index is 8.58. The molecule has 17 heavy (non-hydrogen) atoms. The summed E-state index contributed by atoms with van der Waals surface area (Å²) in [6.45, 7) is 1.94. The Bertz CT molecular complexity index is 575. The molecule has 0 saturated carbocycles. The van der Waals surface area contributed by atoms with Gasteiger partial charge in [-0.25, -0.2) is 9.97 Å². The average Bonchev–Trinajstić information content (AvgIpc) is 2.35. The van der Waals surface area contributed by atoms with Crippen LogP contribution < -0.4 is 4.74 Å². The summed E-state index contributed by atoms with van der Waals surface area (Å²) in [6.07, 6.45) is 2.73. The van der Waals surface area contributed by atoms with Crippen molar-refractivity contribution in [2.75, 3.05) is 0 Å². The molecule has 2 aromatic rings. The Morgan fingerprint density at radius 1 is 1.29 bits per heavy atom. The fourth-order valence-corrected chi connectivity index (χ4v) is 1.38. The van der Waals surface area contributed by atoms with Gasteiger partial charge in [-0.2, -0.15) is 5.26 Å². The van der Waals surface area contributed by atoms with Crippen LogP contribution in [-0.4, -0.2) is 9.97 Å². The standard InChI is InChI=1S/C12H8ClN3O/c1-8-2-3-10(13)11(4-8)17-12-7-15-9(5-14)6-16-12/h2-4,6-7H,1H3. The van der Waals surface area contributed by atoms with Gasteiger partial charge < -0.3 is 4.74 Å². The van der Waals surface area contributed by atoms with Crippen LogP contribution in [0.4, 0.5) is 0 Å². The van der Waals surface area contributed by atoms with Crippen molar-refractivity contribution >= 4 is 11.6 Å². The molecule has 0 spiro atoms. The van der Waals surface area contributed by atoms with Gasteiger partial charge in [-0.3, -0.25) is 0 Å². The first-order chi connectivity index (χ1) is 8.19. The number of hydrogen-bond donors (Lipinski definition) is 0. The molecule has 0 N–H and O–H groups in total. The van der Waals surface area contributed by atoms with Gasteiger partial charge in [0.15, 0.2) is 5.69 Å². The Labute approximate surface area is 103 Å². The van der Waals surface area contributed by atoms with Gasteiger partial charge in [0.2, 0.25) is 5.88 Å². The van der Waals surface area contributed by atoms with Crippen LogP contribution in [0.15, 0.2) is 30.6 Å². The van der Waals surface area contributed by atoms with Gasteiger partial charge in [-0.15, -0.1) is 0 Å². The van der Waals surface area contributed by atoms with E-state index in [1.807, 2.05) is 25.1 Å². The number of nitrogens with zero attached hydrogens (tertiary/aromatic N) is 3. The number of aromatic nitrogens is 2. The van der Waals surface area contributed by atoms with Gasteiger partial charge in [0.1, 0.15) is 11.8 Å². The van der Waals surface area contributed by atoms with Crippen LogP contribution in [0.1, 0.15) is 11.3 Å². The molecular weight excluding hydrogens is 238 g/mol. The fourth-order valence-electron chi connectivity index (χ4n) is 1.23. The first kappa shape index (κ1) is 11.4. The highest BCUT2D eigenvalue weighted by Crippen LogP contribution is 2.28. The Morgan fingerprint density at radius 3 is 2.76 bits per heavy atom. The van der Waals surface area contributed by atoms with E-state index in [1.54, 1.807) is 6.07 Å². The lowest BCUT2D eigenvalue weighted by Gasteiger charge is -2.06. The van der Waals surface area contributed by atoms with E-state index in [-0.39, 0.29) is 5.69 Å². The number of ether oxygens (including phenoxy) is 1. The molecule has 0 atom stereocenters. The fraction of sp³-hybridized carbons (Fsp3) is 0.0833. The minimum Gasteiger partial charge on any atom is -0.436 e. The Kier molecular flexibility index (Phi) is 3.22. The molecule has 0 amide bonds. The summed E-state index contributed by atoms with van der Waals surface area (Å²) in [7, 11) is 0. The van der Waals surface area contributed by atoms with Crippen molar-refractivity contribution in [2.45, 2.75) is 6.92 Å². The molecule has 4 nitrogen and oxygen atoms in total. The molecule has 0 aliphatic rings. The Hall–Kier alpha value is -2.12. The summed E-state index contributed by atoms with van der Waals surface area (Å²) in [5.74, 6) is 0.821. The van der Waals surface area contributed by atoms with Crippen LogP contribution in [0.3, 0.4) is 0 Å². The number of hydrogen-bond acceptors (Lipinski definition) is 4. The molecule has 0 aliphatic heterocycles. The summed E-state index contributed by atoms with van der Waals surface area (Å²) < 4.78 is 5.47. The first-order valence-corrected chi connectivity index (χ1v) is 5.23. The highest BCUT2D eigenvalue weighted by atomic mass is 35.5. The van der Waals surface area contributed by atoms with E-state index in [4.69, 9.17) is 21.6 Å². The van der Waals surface area contributed by atoms with Crippen molar-refractivity contribution in [3.05, 3.63) is 46.9 Å². The van der Waals surface area contributed by atoms with Gasteiger partial charge in [0, 0.05) is 0 Å². The monoisotopic (exact) mass is 245 g/mol. The van der Waals surface area contributed by atoms with E-state index in [0.717, 1.165) is 5.56 Å². The van der Waals surface area contributed by atoms with Gasteiger partial charge in [0.05, 0.1) is 17.4 Å². The third-order valence-electron chi connectivity index (χ3n) is 2.04. The topological polar surface area (TPSA) is 58.8 Å². The maximum absolute atomic E-state index is 8.58. The largest absolute Gasteiger partial charge is 0.436 e. The van der Waals surface area contributed by atoms with Gasteiger partial charge in [0.25, 0.3) is 0 Å². The van der Waals surface area contributed by atoms with Crippen molar-refractivity contribution in [1.29, 1.82) is 5.26 Å².